The van der Waals surface area contributed by atoms with Crippen molar-refractivity contribution in [2.24, 2.45) is 0 Å². The molecule has 2 aliphatic heterocycles. The quantitative estimate of drug-likeness (QED) is 0.108. The second-order valence-electron chi connectivity index (χ2n) is 18.7. The van der Waals surface area contributed by atoms with Gasteiger partial charge < -0.3 is 46.4 Å². The highest BCUT2D eigenvalue weighted by Gasteiger charge is 2.42. The molecule has 1 unspecified atom stereocenters. The molecule has 2 heterocycles. The van der Waals surface area contributed by atoms with E-state index in [4.69, 9.17) is 4.74 Å². The van der Waals surface area contributed by atoms with Crippen molar-refractivity contribution in [3.63, 3.8) is 0 Å². The van der Waals surface area contributed by atoms with Gasteiger partial charge >= 0.3 is 0 Å². The predicted molar refractivity (Wildman–Crippen MR) is 261 cm³/mol. The second kappa shape index (κ2) is 23.4. The number of ether oxygens (including phenoxy) is 1. The van der Waals surface area contributed by atoms with Gasteiger partial charge in [0, 0.05) is 13.1 Å². The molecule has 68 heavy (non-hydrogen) atoms. The number of carbonyl (C=O) groups is 6. The number of fused-ring (bicyclic) bond motifs is 2. The number of carbonyl (C=O) groups excluding carboxylic acids is 6. The molecule has 0 saturated carbocycles. The first kappa shape index (κ1) is 50.0. The van der Waals surface area contributed by atoms with Gasteiger partial charge in [-0.3, -0.25) is 28.8 Å². The number of benzene rings is 3. The Balaban J connectivity index is 0.995. The SMILES string of the molecule is CN[C@@H](C)C(=O)N[C@H](C(=O)N1CCC[C@H]1C(=O)N[C@@H]1CCCc2ccccc21)c1ccc(/C=C/COC(C)[C@H](NC(=O)[C@H](C)NC)C(=O)N2CCC[C@H]2C(=O)N[C@@H]2CCCc3ccccc32)cc1. The fraction of sp³-hybridized carbons (Fsp3) is 0.509. The molecular formula is C53H70N8O7. The smallest absolute Gasteiger partial charge is 0.250 e. The third kappa shape index (κ3) is 11.8. The first-order valence-electron chi connectivity index (χ1n) is 24.6. The van der Waals surface area contributed by atoms with E-state index in [1.807, 2.05) is 42.5 Å². The number of rotatable bonds is 18. The average Bonchev–Trinajstić information content (AvgIpc) is 4.07. The lowest BCUT2D eigenvalue weighted by atomic mass is 9.87. The molecule has 0 aromatic heterocycles. The Kier molecular flexibility index (Phi) is 17.2. The number of likely N-dealkylation sites (N-methyl/N-ethyl adjacent to an activating group) is 2. The third-order valence-electron chi connectivity index (χ3n) is 14.3. The normalized spacial score (nSPS) is 22.2. The molecule has 4 aliphatic rings. The van der Waals surface area contributed by atoms with Crippen molar-refractivity contribution >= 4 is 41.5 Å². The summed E-state index contributed by atoms with van der Waals surface area (Å²) in [7, 11) is 3.35. The molecule has 0 spiro atoms. The van der Waals surface area contributed by atoms with Gasteiger partial charge in [0.2, 0.25) is 35.4 Å². The van der Waals surface area contributed by atoms with Gasteiger partial charge in [-0.2, -0.15) is 0 Å². The number of likely N-dealkylation sites (tertiary alicyclic amines) is 2. The van der Waals surface area contributed by atoms with Crippen LogP contribution in [0.4, 0.5) is 0 Å². The topological polar surface area (TPSA) is 190 Å². The zero-order valence-corrected chi connectivity index (χ0v) is 40.2. The predicted octanol–water partition coefficient (Wildman–Crippen LogP) is 4.33. The van der Waals surface area contributed by atoms with Crippen LogP contribution in [0, 0.1) is 0 Å². The van der Waals surface area contributed by atoms with Crippen LogP contribution in [0.5, 0.6) is 0 Å². The molecule has 15 nitrogen and oxygen atoms in total. The number of nitrogens with one attached hydrogen (secondary N) is 6. The molecule has 7 rings (SSSR count). The summed E-state index contributed by atoms with van der Waals surface area (Å²) in [5.74, 6) is -1.79. The van der Waals surface area contributed by atoms with Crippen molar-refractivity contribution in [3.05, 3.63) is 112 Å². The maximum absolute atomic E-state index is 14.4. The summed E-state index contributed by atoms with van der Waals surface area (Å²) < 4.78 is 6.19. The van der Waals surface area contributed by atoms with Gasteiger partial charge in [0.25, 0.3) is 0 Å². The molecular weight excluding hydrogens is 861 g/mol. The average molecular weight is 931 g/mol. The van der Waals surface area contributed by atoms with Crippen LogP contribution in [0.15, 0.2) is 78.9 Å². The number of aryl methyl sites for hydroxylation is 2. The lowest BCUT2D eigenvalue weighted by Crippen LogP contribution is -2.59. The van der Waals surface area contributed by atoms with Crippen LogP contribution in [0.1, 0.15) is 124 Å². The highest BCUT2D eigenvalue weighted by Crippen LogP contribution is 2.33. The molecule has 9 atom stereocenters. The monoisotopic (exact) mass is 931 g/mol. The van der Waals surface area contributed by atoms with E-state index >= 15 is 0 Å². The molecule has 3 aromatic carbocycles. The molecule has 15 heteroatoms. The maximum Gasteiger partial charge on any atom is 0.250 e. The van der Waals surface area contributed by atoms with Crippen LogP contribution >= 0.6 is 0 Å². The van der Waals surface area contributed by atoms with E-state index in [2.05, 4.69) is 56.2 Å². The van der Waals surface area contributed by atoms with Gasteiger partial charge in [0.1, 0.15) is 24.2 Å². The van der Waals surface area contributed by atoms with Crippen molar-refractivity contribution in [1.82, 2.24) is 41.7 Å². The highest BCUT2D eigenvalue weighted by molar-refractivity contribution is 5.95. The van der Waals surface area contributed by atoms with Crippen molar-refractivity contribution in [2.75, 3.05) is 33.8 Å². The zero-order chi connectivity index (χ0) is 48.3. The minimum atomic E-state index is -1.05. The van der Waals surface area contributed by atoms with Crippen LogP contribution in [0.25, 0.3) is 6.08 Å². The molecule has 6 amide bonds. The van der Waals surface area contributed by atoms with Crippen LogP contribution in [0.2, 0.25) is 0 Å². The maximum atomic E-state index is 14.4. The summed E-state index contributed by atoms with van der Waals surface area (Å²) in [6, 6.07) is 18.9. The number of amides is 6. The molecule has 2 fully saturated rings. The molecule has 364 valence electrons. The number of hydrogen-bond donors (Lipinski definition) is 6. The largest absolute Gasteiger partial charge is 0.372 e. The summed E-state index contributed by atoms with van der Waals surface area (Å²) in [6.45, 7) is 6.07. The third-order valence-corrected chi connectivity index (χ3v) is 14.3. The van der Waals surface area contributed by atoms with Crippen LogP contribution < -0.4 is 31.9 Å². The van der Waals surface area contributed by atoms with E-state index in [0.717, 1.165) is 55.2 Å². The zero-order valence-electron chi connectivity index (χ0n) is 40.2. The second-order valence-corrected chi connectivity index (χ2v) is 18.7. The summed E-state index contributed by atoms with van der Waals surface area (Å²) in [4.78, 5) is 86.2. The Morgan fingerprint density at radius 2 is 1.13 bits per heavy atom. The summed E-state index contributed by atoms with van der Waals surface area (Å²) in [5.41, 5.74) is 6.10. The van der Waals surface area contributed by atoms with Crippen molar-refractivity contribution < 1.29 is 33.5 Å². The summed E-state index contributed by atoms with van der Waals surface area (Å²) >= 11 is 0. The Bertz CT molecular complexity index is 2300. The van der Waals surface area contributed by atoms with Crippen molar-refractivity contribution in [3.8, 4) is 0 Å². The molecule has 3 aromatic rings. The van der Waals surface area contributed by atoms with Crippen LogP contribution in [-0.4, -0.2) is 115 Å². The molecule has 6 N–H and O–H groups in total. The minimum Gasteiger partial charge on any atom is -0.372 e. The number of hydrogen-bond acceptors (Lipinski definition) is 9. The fourth-order valence-electron chi connectivity index (χ4n) is 10.1. The Hall–Kier alpha value is -5.90. The van der Waals surface area contributed by atoms with E-state index in [1.54, 1.807) is 62.9 Å². The number of nitrogens with zero attached hydrogens (tertiary/aromatic N) is 2. The summed E-state index contributed by atoms with van der Waals surface area (Å²) in [6.07, 6.45) is 10.9. The van der Waals surface area contributed by atoms with Gasteiger partial charge in [0.15, 0.2) is 0 Å². The first-order chi connectivity index (χ1) is 32.9. The Morgan fingerprint density at radius 3 is 1.66 bits per heavy atom. The Morgan fingerprint density at radius 1 is 0.632 bits per heavy atom. The Labute approximate surface area is 401 Å². The van der Waals surface area contributed by atoms with Gasteiger partial charge in [-0.05, 0) is 132 Å². The molecule has 0 radical (unpaired) electrons. The lowest BCUT2D eigenvalue weighted by molar-refractivity contribution is -0.145. The van der Waals surface area contributed by atoms with E-state index in [9.17, 15) is 28.8 Å². The van der Waals surface area contributed by atoms with Gasteiger partial charge in [-0.25, -0.2) is 0 Å². The van der Waals surface area contributed by atoms with Crippen molar-refractivity contribution in [2.45, 2.75) is 139 Å². The van der Waals surface area contributed by atoms with E-state index in [1.165, 1.54) is 11.1 Å². The molecule has 2 saturated heterocycles. The van der Waals surface area contributed by atoms with E-state index in [-0.39, 0.29) is 54.1 Å². The van der Waals surface area contributed by atoms with Crippen LogP contribution in [0.3, 0.4) is 0 Å². The van der Waals surface area contributed by atoms with Crippen molar-refractivity contribution in [1.29, 1.82) is 0 Å². The molecule has 0 bridgehead atoms. The molecule has 2 aliphatic carbocycles. The first-order valence-corrected chi connectivity index (χ1v) is 24.6. The van der Waals surface area contributed by atoms with Gasteiger partial charge in [-0.15, -0.1) is 0 Å². The fourth-order valence-corrected chi connectivity index (χ4v) is 10.1. The van der Waals surface area contributed by atoms with Gasteiger partial charge in [-0.1, -0.05) is 84.9 Å². The van der Waals surface area contributed by atoms with Gasteiger partial charge in [0.05, 0.1) is 36.9 Å². The van der Waals surface area contributed by atoms with E-state index in [0.29, 0.717) is 44.3 Å². The lowest BCUT2D eigenvalue weighted by Gasteiger charge is -2.33. The standard InChI is InChI=1S/C53H70N8O7/c1-33(54-4)48(62)58-46(52(66)60-30-12-24-44(60)50(64)56-42-22-10-18-37-16-6-8-20-40(37)42)35(3)68-32-14-15-36-26-28-39(29-27-36)47(59-49(63)34(2)55-5)53(67)61-31-13-25-45(61)51(65)57-43-23-11-19-38-17-7-9-21-41(38)43/h6-9,14-17,20-21,26-29,33-35,42-47,54-55H,10-13,18-19,22-25,30-32H2,1-5H3,(H,56,64)(H,57,65)(H,58,62)(H,59,63)/b15-14+/t33-,34-,35?,42+,43+,44-,45-,46-,47-/m0/s1. The minimum absolute atomic E-state index is 0.110. The van der Waals surface area contributed by atoms with Crippen LogP contribution in [-0.2, 0) is 46.3 Å². The van der Waals surface area contributed by atoms with E-state index < -0.39 is 42.4 Å². The summed E-state index contributed by atoms with van der Waals surface area (Å²) in [5, 5.41) is 18.2. The highest BCUT2D eigenvalue weighted by atomic mass is 16.5.